The summed E-state index contributed by atoms with van der Waals surface area (Å²) >= 11 is 7.87. The first kappa shape index (κ1) is 15.2. The Kier molecular flexibility index (Phi) is 4.61. The van der Waals surface area contributed by atoms with E-state index in [1.54, 1.807) is 18.2 Å². The zero-order chi connectivity index (χ0) is 14.1. The van der Waals surface area contributed by atoms with Crippen molar-refractivity contribution in [1.82, 2.24) is 4.90 Å². The summed E-state index contributed by atoms with van der Waals surface area (Å²) in [6.07, 6.45) is 0. The Morgan fingerprint density at radius 3 is 2.44 bits per heavy atom. The van der Waals surface area contributed by atoms with Crippen molar-refractivity contribution < 1.29 is 14.7 Å². The zero-order valence-corrected chi connectivity index (χ0v) is 13.1. The largest absolute Gasteiger partial charge is 0.480 e. The van der Waals surface area contributed by atoms with Crippen LogP contribution in [0.15, 0.2) is 18.2 Å². The summed E-state index contributed by atoms with van der Waals surface area (Å²) in [5.41, 5.74) is -0.873. The molecule has 6 heteroatoms. The van der Waals surface area contributed by atoms with E-state index in [1.807, 2.05) is 22.6 Å². The predicted octanol–water partition coefficient (Wildman–Crippen LogP) is 2.88. The van der Waals surface area contributed by atoms with Crippen LogP contribution in [-0.4, -0.2) is 34.5 Å². The molecule has 0 bridgehead atoms. The highest BCUT2D eigenvalue weighted by Crippen LogP contribution is 2.22. The summed E-state index contributed by atoms with van der Waals surface area (Å²) < 4.78 is 0.732. The lowest BCUT2D eigenvalue weighted by molar-refractivity contribution is -0.147. The van der Waals surface area contributed by atoms with E-state index in [0.717, 1.165) is 3.57 Å². The lowest BCUT2D eigenvalue weighted by atomic mass is 10.0. The van der Waals surface area contributed by atoms with Gasteiger partial charge in [0, 0.05) is 15.6 Å². The van der Waals surface area contributed by atoms with Crippen LogP contribution in [0.5, 0.6) is 0 Å². The number of amides is 1. The van der Waals surface area contributed by atoms with Gasteiger partial charge in [-0.05, 0) is 54.6 Å². The Morgan fingerprint density at radius 2 is 1.94 bits per heavy atom. The minimum Gasteiger partial charge on any atom is -0.480 e. The van der Waals surface area contributed by atoms with Crippen molar-refractivity contribution in [2.45, 2.75) is 19.4 Å². The molecule has 0 aromatic heterocycles. The molecule has 0 radical (unpaired) electrons. The van der Waals surface area contributed by atoms with Crippen LogP contribution >= 0.6 is 34.2 Å². The predicted molar refractivity (Wildman–Crippen MR) is 78.0 cm³/mol. The highest BCUT2D eigenvalue weighted by atomic mass is 127. The van der Waals surface area contributed by atoms with E-state index in [-0.39, 0.29) is 5.91 Å². The summed E-state index contributed by atoms with van der Waals surface area (Å²) in [4.78, 5) is 24.6. The van der Waals surface area contributed by atoms with Gasteiger partial charge in [0.1, 0.15) is 5.54 Å². The van der Waals surface area contributed by atoms with Gasteiger partial charge in [0.05, 0.1) is 5.56 Å². The molecular formula is C12H13ClINO3. The van der Waals surface area contributed by atoms with Crippen LogP contribution in [0.4, 0.5) is 0 Å². The van der Waals surface area contributed by atoms with Gasteiger partial charge in [0.15, 0.2) is 0 Å². The van der Waals surface area contributed by atoms with Crippen LogP contribution in [-0.2, 0) is 4.79 Å². The summed E-state index contributed by atoms with van der Waals surface area (Å²) in [6, 6.07) is 4.94. The molecule has 0 aliphatic heterocycles. The normalized spacial score (nSPS) is 11.2. The minimum atomic E-state index is -1.28. The summed E-state index contributed by atoms with van der Waals surface area (Å²) in [7, 11) is 1.47. The number of hydrogen-bond acceptors (Lipinski definition) is 2. The summed E-state index contributed by atoms with van der Waals surface area (Å²) in [5, 5.41) is 9.55. The van der Waals surface area contributed by atoms with Gasteiger partial charge in [-0.1, -0.05) is 11.6 Å². The number of carbonyl (C=O) groups is 2. The monoisotopic (exact) mass is 381 g/mol. The second-order valence-electron chi connectivity index (χ2n) is 4.35. The van der Waals surface area contributed by atoms with Crippen LogP contribution in [0.3, 0.4) is 0 Å². The van der Waals surface area contributed by atoms with Crippen molar-refractivity contribution in [3.63, 3.8) is 0 Å². The highest BCUT2D eigenvalue weighted by Gasteiger charge is 2.36. The van der Waals surface area contributed by atoms with E-state index >= 15 is 0 Å². The third-order valence-electron chi connectivity index (χ3n) is 2.83. The van der Waals surface area contributed by atoms with Crippen molar-refractivity contribution in [1.29, 1.82) is 0 Å². The quantitative estimate of drug-likeness (QED) is 0.819. The van der Waals surface area contributed by atoms with Crippen molar-refractivity contribution >= 4 is 46.1 Å². The molecule has 0 saturated heterocycles. The number of rotatable bonds is 3. The van der Waals surface area contributed by atoms with Gasteiger partial charge < -0.3 is 10.0 Å². The molecule has 4 nitrogen and oxygen atoms in total. The molecule has 0 aliphatic carbocycles. The second-order valence-corrected chi connectivity index (χ2v) is 5.95. The van der Waals surface area contributed by atoms with Crippen LogP contribution in [0.2, 0.25) is 5.02 Å². The number of halogens is 2. The molecule has 1 rings (SSSR count). The SMILES string of the molecule is CN(C(=O)c1cc(Cl)ccc1I)C(C)(C)C(=O)O. The fourth-order valence-corrected chi connectivity index (χ4v) is 1.98. The first-order chi connectivity index (χ1) is 8.17. The zero-order valence-electron chi connectivity index (χ0n) is 10.2. The number of carboxylic acid groups (broad SMARTS) is 1. The lowest BCUT2D eigenvalue weighted by Gasteiger charge is -2.31. The van der Waals surface area contributed by atoms with Crippen molar-refractivity contribution in [2.75, 3.05) is 7.05 Å². The third-order valence-corrected chi connectivity index (χ3v) is 4.00. The van der Waals surface area contributed by atoms with Crippen LogP contribution in [0, 0.1) is 3.57 Å². The maximum atomic E-state index is 12.3. The Balaban J connectivity index is 3.15. The van der Waals surface area contributed by atoms with E-state index in [1.165, 1.54) is 25.8 Å². The molecule has 1 N–H and O–H groups in total. The topological polar surface area (TPSA) is 57.6 Å². The Bertz CT molecular complexity index is 502. The van der Waals surface area contributed by atoms with E-state index < -0.39 is 11.5 Å². The molecule has 0 aliphatic rings. The van der Waals surface area contributed by atoms with Crippen LogP contribution in [0.25, 0.3) is 0 Å². The minimum absolute atomic E-state index is 0.366. The van der Waals surface area contributed by atoms with Gasteiger partial charge in [-0.3, -0.25) is 4.79 Å². The maximum absolute atomic E-state index is 12.3. The van der Waals surface area contributed by atoms with E-state index in [2.05, 4.69) is 0 Å². The highest BCUT2D eigenvalue weighted by molar-refractivity contribution is 14.1. The molecule has 0 saturated carbocycles. The number of hydrogen-bond donors (Lipinski definition) is 1. The van der Waals surface area contributed by atoms with Gasteiger partial charge in [-0.15, -0.1) is 0 Å². The van der Waals surface area contributed by atoms with Crippen molar-refractivity contribution in [3.8, 4) is 0 Å². The van der Waals surface area contributed by atoms with Crippen LogP contribution in [0.1, 0.15) is 24.2 Å². The van der Waals surface area contributed by atoms with Gasteiger partial charge in [0.25, 0.3) is 5.91 Å². The Labute approximate surface area is 124 Å². The molecule has 1 aromatic carbocycles. The molecular weight excluding hydrogens is 368 g/mol. The van der Waals surface area contributed by atoms with Crippen LogP contribution < -0.4 is 0 Å². The first-order valence-corrected chi connectivity index (χ1v) is 6.60. The summed E-state index contributed by atoms with van der Waals surface area (Å²) in [5.74, 6) is -1.43. The smallest absolute Gasteiger partial charge is 0.329 e. The van der Waals surface area contributed by atoms with Gasteiger partial charge in [-0.2, -0.15) is 0 Å². The van der Waals surface area contributed by atoms with Crippen molar-refractivity contribution in [3.05, 3.63) is 32.4 Å². The lowest BCUT2D eigenvalue weighted by Crippen LogP contribution is -2.50. The van der Waals surface area contributed by atoms with E-state index in [9.17, 15) is 9.59 Å². The Morgan fingerprint density at radius 1 is 1.39 bits per heavy atom. The van der Waals surface area contributed by atoms with Gasteiger partial charge >= 0.3 is 5.97 Å². The molecule has 0 atom stereocenters. The van der Waals surface area contributed by atoms with E-state index in [0.29, 0.717) is 10.6 Å². The number of benzene rings is 1. The average Bonchev–Trinajstić information content (AvgIpc) is 2.30. The molecule has 1 amide bonds. The third kappa shape index (κ3) is 2.95. The Hall–Kier alpha value is -0.820. The average molecular weight is 382 g/mol. The van der Waals surface area contributed by atoms with Gasteiger partial charge in [0.2, 0.25) is 0 Å². The fourth-order valence-electron chi connectivity index (χ4n) is 1.24. The number of nitrogens with zero attached hydrogens (tertiary/aromatic N) is 1. The van der Waals surface area contributed by atoms with Gasteiger partial charge in [-0.25, -0.2) is 4.79 Å². The second kappa shape index (κ2) is 5.44. The molecule has 0 unspecified atom stereocenters. The molecule has 18 heavy (non-hydrogen) atoms. The van der Waals surface area contributed by atoms with Crippen molar-refractivity contribution in [2.24, 2.45) is 0 Å². The number of aliphatic carboxylic acids is 1. The molecule has 1 aromatic rings. The number of likely N-dealkylation sites (N-methyl/N-ethyl adjacent to an activating group) is 1. The standard InChI is InChI=1S/C12H13ClINO3/c1-12(2,11(17)18)15(3)10(16)8-6-7(13)4-5-9(8)14/h4-6H,1-3H3,(H,17,18). The molecule has 0 spiro atoms. The number of carboxylic acids is 1. The first-order valence-electron chi connectivity index (χ1n) is 5.14. The molecule has 98 valence electrons. The molecule has 0 fully saturated rings. The maximum Gasteiger partial charge on any atom is 0.329 e. The van der Waals surface area contributed by atoms with E-state index in [4.69, 9.17) is 16.7 Å². The number of carbonyl (C=O) groups excluding carboxylic acids is 1. The fraction of sp³-hybridized carbons (Fsp3) is 0.333. The summed E-state index contributed by atoms with van der Waals surface area (Å²) in [6.45, 7) is 2.95. The molecule has 0 heterocycles.